The quantitative estimate of drug-likeness (QED) is 0.744. The van der Waals surface area contributed by atoms with E-state index in [0.29, 0.717) is 38.2 Å². The van der Waals surface area contributed by atoms with E-state index in [1.807, 2.05) is 15.9 Å². The summed E-state index contributed by atoms with van der Waals surface area (Å²) in [6, 6.07) is 1.86. The summed E-state index contributed by atoms with van der Waals surface area (Å²) in [5.74, 6) is 0.0616. The number of aromatic nitrogens is 2. The van der Waals surface area contributed by atoms with E-state index in [1.165, 1.54) is 0 Å². The lowest BCUT2D eigenvalue weighted by Crippen LogP contribution is -2.53. The second kappa shape index (κ2) is 9.71. The molecule has 2 aliphatic heterocycles. The van der Waals surface area contributed by atoms with E-state index >= 15 is 0 Å². The summed E-state index contributed by atoms with van der Waals surface area (Å²) < 4.78 is 0. The van der Waals surface area contributed by atoms with Crippen molar-refractivity contribution >= 4 is 11.8 Å². The number of carbonyl (C=O) groups excluding carboxylic acids is 2. The lowest BCUT2D eigenvalue weighted by Gasteiger charge is -2.39. The molecule has 0 spiro atoms. The minimum atomic E-state index is -0.786. The largest absolute Gasteiger partial charge is 0.388 e. The van der Waals surface area contributed by atoms with E-state index in [1.54, 1.807) is 6.92 Å². The maximum atomic E-state index is 12.9. The number of likely N-dealkylation sites (tertiary alicyclic amines) is 1. The van der Waals surface area contributed by atoms with E-state index in [-0.39, 0.29) is 11.8 Å². The van der Waals surface area contributed by atoms with Gasteiger partial charge in [0, 0.05) is 58.4 Å². The highest BCUT2D eigenvalue weighted by Gasteiger charge is 2.34. The first-order chi connectivity index (χ1) is 13.9. The van der Waals surface area contributed by atoms with Crippen LogP contribution < -0.4 is 0 Å². The van der Waals surface area contributed by atoms with Gasteiger partial charge in [0.2, 0.25) is 5.91 Å². The van der Waals surface area contributed by atoms with Gasteiger partial charge in [0.25, 0.3) is 5.91 Å². The number of hydrogen-bond acceptors (Lipinski definition) is 5. The van der Waals surface area contributed by atoms with Gasteiger partial charge in [-0.15, -0.1) is 0 Å². The molecule has 1 aromatic heterocycles. The van der Waals surface area contributed by atoms with Crippen LogP contribution in [0.2, 0.25) is 0 Å². The third-order valence-corrected chi connectivity index (χ3v) is 6.19. The van der Waals surface area contributed by atoms with Crippen LogP contribution in [0.3, 0.4) is 0 Å². The van der Waals surface area contributed by atoms with Crippen molar-refractivity contribution in [2.24, 2.45) is 0 Å². The fourth-order valence-corrected chi connectivity index (χ4v) is 4.31. The van der Waals surface area contributed by atoms with E-state index in [2.05, 4.69) is 22.0 Å². The minimum absolute atomic E-state index is 0.0525. The van der Waals surface area contributed by atoms with Crippen LogP contribution in [0.4, 0.5) is 0 Å². The zero-order chi connectivity index (χ0) is 20.9. The Balaban J connectivity index is 1.52. The van der Waals surface area contributed by atoms with Gasteiger partial charge in [-0.1, -0.05) is 13.3 Å². The second-order valence-electron chi connectivity index (χ2n) is 8.53. The first-order valence-electron chi connectivity index (χ1n) is 10.9. The average Bonchev–Trinajstić information content (AvgIpc) is 3.09. The van der Waals surface area contributed by atoms with Crippen LogP contribution in [0.1, 0.15) is 62.1 Å². The number of rotatable bonds is 6. The Morgan fingerprint density at radius 3 is 2.59 bits per heavy atom. The number of β-amino-alcohol motifs (C(OH)–C–C–N with tert-alkyl or cyclic N) is 1. The molecule has 8 nitrogen and oxygen atoms in total. The van der Waals surface area contributed by atoms with Crippen molar-refractivity contribution in [1.29, 1.82) is 0 Å². The standard InChI is InChI=1S/C21H35N5O3/c1-3-4-6-18-15-19(23-22-18)20(28)26-9-5-7-21(29,8-10-26)16-24-11-13-25(14-12-24)17(2)27/h15,29H,3-14,16H2,1-2H3,(H,22,23)/t21-/m1/s1. The summed E-state index contributed by atoms with van der Waals surface area (Å²) >= 11 is 0. The first-order valence-corrected chi connectivity index (χ1v) is 10.9. The Morgan fingerprint density at radius 2 is 1.90 bits per heavy atom. The summed E-state index contributed by atoms with van der Waals surface area (Å²) in [5, 5.41) is 18.4. The molecule has 162 valence electrons. The zero-order valence-corrected chi connectivity index (χ0v) is 17.8. The average molecular weight is 406 g/mol. The van der Waals surface area contributed by atoms with Crippen molar-refractivity contribution in [3.8, 4) is 0 Å². The van der Waals surface area contributed by atoms with Crippen molar-refractivity contribution in [1.82, 2.24) is 24.9 Å². The first kappa shape index (κ1) is 21.8. The van der Waals surface area contributed by atoms with Gasteiger partial charge in [0.15, 0.2) is 0 Å². The molecule has 0 bridgehead atoms. The Labute approximate surface area is 173 Å². The summed E-state index contributed by atoms with van der Waals surface area (Å²) in [6.45, 7) is 8.55. The number of nitrogens with one attached hydrogen (secondary N) is 1. The van der Waals surface area contributed by atoms with Crippen molar-refractivity contribution in [2.75, 3.05) is 45.8 Å². The molecule has 2 saturated heterocycles. The van der Waals surface area contributed by atoms with E-state index < -0.39 is 5.60 Å². The Kier molecular flexibility index (Phi) is 7.29. The van der Waals surface area contributed by atoms with Crippen LogP contribution >= 0.6 is 0 Å². The molecule has 8 heteroatoms. The predicted molar refractivity (Wildman–Crippen MR) is 111 cm³/mol. The topological polar surface area (TPSA) is 92.8 Å². The van der Waals surface area contributed by atoms with Gasteiger partial charge in [-0.05, 0) is 38.2 Å². The molecule has 3 heterocycles. The maximum absolute atomic E-state index is 12.9. The Morgan fingerprint density at radius 1 is 1.14 bits per heavy atom. The molecular weight excluding hydrogens is 370 g/mol. The van der Waals surface area contributed by atoms with Crippen LogP contribution in [0.25, 0.3) is 0 Å². The molecule has 0 aliphatic carbocycles. The fourth-order valence-electron chi connectivity index (χ4n) is 4.31. The molecule has 0 aromatic carbocycles. The molecule has 0 radical (unpaired) electrons. The number of aliphatic hydroxyl groups is 1. The highest BCUT2D eigenvalue weighted by molar-refractivity contribution is 5.92. The van der Waals surface area contributed by atoms with Crippen LogP contribution in [-0.2, 0) is 11.2 Å². The summed E-state index contributed by atoms with van der Waals surface area (Å²) in [5.41, 5.74) is 0.693. The molecule has 0 unspecified atom stereocenters. The highest BCUT2D eigenvalue weighted by atomic mass is 16.3. The molecule has 2 N–H and O–H groups in total. The summed E-state index contributed by atoms with van der Waals surface area (Å²) in [6.07, 6.45) is 5.13. The molecule has 2 aliphatic rings. The lowest BCUT2D eigenvalue weighted by molar-refractivity contribution is -0.131. The Hall–Kier alpha value is -1.93. The maximum Gasteiger partial charge on any atom is 0.274 e. The molecule has 0 saturated carbocycles. The van der Waals surface area contributed by atoms with Crippen molar-refractivity contribution < 1.29 is 14.7 Å². The molecule has 2 fully saturated rings. The second-order valence-corrected chi connectivity index (χ2v) is 8.53. The number of aromatic amines is 1. The molecule has 29 heavy (non-hydrogen) atoms. The van der Waals surface area contributed by atoms with Crippen LogP contribution in [0.15, 0.2) is 6.07 Å². The Bertz CT molecular complexity index is 698. The molecule has 2 amide bonds. The number of unbranched alkanes of at least 4 members (excludes halogenated alkanes) is 1. The van der Waals surface area contributed by atoms with Crippen molar-refractivity contribution in [3.05, 3.63) is 17.5 Å². The van der Waals surface area contributed by atoms with Gasteiger partial charge in [-0.3, -0.25) is 19.6 Å². The monoisotopic (exact) mass is 405 g/mol. The van der Waals surface area contributed by atoms with E-state index in [0.717, 1.165) is 57.6 Å². The number of H-pyrrole nitrogens is 1. The van der Waals surface area contributed by atoms with Gasteiger partial charge in [0.1, 0.15) is 5.69 Å². The number of aryl methyl sites for hydroxylation is 1. The lowest BCUT2D eigenvalue weighted by atomic mass is 9.94. The summed E-state index contributed by atoms with van der Waals surface area (Å²) in [7, 11) is 0. The highest BCUT2D eigenvalue weighted by Crippen LogP contribution is 2.25. The smallest absolute Gasteiger partial charge is 0.274 e. The fraction of sp³-hybridized carbons (Fsp3) is 0.762. The number of nitrogens with zero attached hydrogens (tertiary/aromatic N) is 4. The van der Waals surface area contributed by atoms with Crippen LogP contribution in [0, 0.1) is 0 Å². The number of amides is 2. The summed E-state index contributed by atoms with van der Waals surface area (Å²) in [4.78, 5) is 30.3. The van der Waals surface area contributed by atoms with E-state index in [4.69, 9.17) is 0 Å². The van der Waals surface area contributed by atoms with Crippen LogP contribution in [0.5, 0.6) is 0 Å². The minimum Gasteiger partial charge on any atom is -0.388 e. The normalized spacial score (nSPS) is 23.8. The van der Waals surface area contributed by atoms with E-state index in [9.17, 15) is 14.7 Å². The molecule has 1 atom stereocenters. The SMILES string of the molecule is CCCCc1cc(C(=O)N2CCC[C@](O)(CN3CCN(C(C)=O)CC3)CC2)n[nH]1. The molecule has 1 aromatic rings. The van der Waals surface area contributed by atoms with Gasteiger partial charge in [-0.2, -0.15) is 5.10 Å². The number of hydrogen-bond donors (Lipinski definition) is 2. The molecular formula is C21H35N5O3. The zero-order valence-electron chi connectivity index (χ0n) is 17.8. The van der Waals surface area contributed by atoms with Crippen molar-refractivity contribution in [2.45, 2.75) is 58.0 Å². The van der Waals surface area contributed by atoms with Gasteiger partial charge >= 0.3 is 0 Å². The molecule has 3 rings (SSSR count). The number of carbonyl (C=O) groups is 2. The van der Waals surface area contributed by atoms with Gasteiger partial charge < -0.3 is 14.9 Å². The third kappa shape index (κ3) is 5.79. The van der Waals surface area contributed by atoms with Crippen LogP contribution in [-0.4, -0.2) is 93.2 Å². The van der Waals surface area contributed by atoms with Crippen molar-refractivity contribution in [3.63, 3.8) is 0 Å². The van der Waals surface area contributed by atoms with Gasteiger partial charge in [-0.25, -0.2) is 0 Å². The predicted octanol–water partition coefficient (Wildman–Crippen LogP) is 1.27. The number of piperazine rings is 1. The third-order valence-electron chi connectivity index (χ3n) is 6.19. The van der Waals surface area contributed by atoms with Gasteiger partial charge in [0.05, 0.1) is 5.60 Å².